The molecule has 2 N–H and O–H groups in total. The van der Waals surface area contributed by atoms with E-state index in [2.05, 4.69) is 10.6 Å². The lowest BCUT2D eigenvalue weighted by Crippen LogP contribution is -2.50. The molecule has 144 valence electrons. The van der Waals surface area contributed by atoms with Gasteiger partial charge in [-0.05, 0) is 51.0 Å². The molecule has 7 nitrogen and oxygen atoms in total. The zero-order valence-corrected chi connectivity index (χ0v) is 15.7. The minimum absolute atomic E-state index is 0.00403. The summed E-state index contributed by atoms with van der Waals surface area (Å²) in [6.45, 7) is 4.17. The Morgan fingerprint density at radius 1 is 1.31 bits per heavy atom. The number of amides is 2. The lowest BCUT2D eigenvalue weighted by molar-refractivity contribution is -0.131. The standard InChI is InChI=1S/C17H24FN3O4S/c1-3-19-16(22)12(2)20-17(23)13-5-4-10-21(11-13)26(24,25)15-8-6-14(18)7-9-15/h6-9,12-13H,3-5,10-11H2,1-2H3,(H,19,22)(H,20,23)/t12-,13+/m0/s1. The van der Waals surface area contributed by atoms with Crippen LogP contribution in [0.15, 0.2) is 29.2 Å². The Labute approximate surface area is 153 Å². The Morgan fingerprint density at radius 2 is 1.96 bits per heavy atom. The molecule has 0 bridgehead atoms. The monoisotopic (exact) mass is 385 g/mol. The number of rotatable bonds is 6. The van der Waals surface area contributed by atoms with Crippen LogP contribution in [0.25, 0.3) is 0 Å². The van der Waals surface area contributed by atoms with E-state index < -0.39 is 27.8 Å². The molecule has 1 heterocycles. The number of carbonyl (C=O) groups is 2. The first kappa shape index (κ1) is 20.3. The van der Waals surface area contributed by atoms with Gasteiger partial charge in [0.25, 0.3) is 0 Å². The van der Waals surface area contributed by atoms with Crippen molar-refractivity contribution in [3.05, 3.63) is 30.1 Å². The van der Waals surface area contributed by atoms with Crippen molar-refractivity contribution in [2.75, 3.05) is 19.6 Å². The van der Waals surface area contributed by atoms with Gasteiger partial charge in [-0.3, -0.25) is 9.59 Å². The van der Waals surface area contributed by atoms with Crippen LogP contribution in [0, 0.1) is 11.7 Å². The van der Waals surface area contributed by atoms with Crippen molar-refractivity contribution < 1.29 is 22.4 Å². The zero-order valence-electron chi connectivity index (χ0n) is 14.9. The third-order valence-corrected chi connectivity index (χ3v) is 6.19. The predicted molar refractivity (Wildman–Crippen MR) is 94.2 cm³/mol. The van der Waals surface area contributed by atoms with Crippen LogP contribution < -0.4 is 10.6 Å². The highest BCUT2D eigenvalue weighted by Gasteiger charge is 2.34. The Kier molecular flexibility index (Phi) is 6.71. The van der Waals surface area contributed by atoms with Crippen LogP contribution in [-0.4, -0.2) is 50.2 Å². The Morgan fingerprint density at radius 3 is 2.58 bits per heavy atom. The molecule has 1 aromatic rings. The number of benzene rings is 1. The van der Waals surface area contributed by atoms with E-state index in [0.717, 1.165) is 12.1 Å². The molecule has 1 fully saturated rings. The summed E-state index contributed by atoms with van der Waals surface area (Å²) in [6, 6.07) is 3.92. The quantitative estimate of drug-likeness (QED) is 0.759. The van der Waals surface area contributed by atoms with Crippen molar-refractivity contribution in [1.82, 2.24) is 14.9 Å². The summed E-state index contributed by atoms with van der Waals surface area (Å²) in [7, 11) is -3.79. The number of carbonyl (C=O) groups excluding carboxylic acids is 2. The SMILES string of the molecule is CCNC(=O)[C@H](C)NC(=O)[C@@H]1CCCN(S(=O)(=O)c2ccc(F)cc2)C1. The minimum atomic E-state index is -3.79. The second-order valence-corrected chi connectivity index (χ2v) is 8.22. The van der Waals surface area contributed by atoms with Crippen molar-refractivity contribution in [2.24, 2.45) is 5.92 Å². The van der Waals surface area contributed by atoms with Gasteiger partial charge in [0.1, 0.15) is 11.9 Å². The summed E-state index contributed by atoms with van der Waals surface area (Å²) >= 11 is 0. The molecule has 1 aliphatic rings. The van der Waals surface area contributed by atoms with Crippen LogP contribution in [0.5, 0.6) is 0 Å². The van der Waals surface area contributed by atoms with E-state index >= 15 is 0 Å². The van der Waals surface area contributed by atoms with Crippen molar-refractivity contribution in [1.29, 1.82) is 0 Å². The second kappa shape index (κ2) is 8.59. The molecular weight excluding hydrogens is 361 g/mol. The van der Waals surface area contributed by atoms with Crippen LogP contribution >= 0.6 is 0 Å². The number of sulfonamides is 1. The van der Waals surface area contributed by atoms with E-state index in [9.17, 15) is 22.4 Å². The fraction of sp³-hybridized carbons (Fsp3) is 0.529. The summed E-state index contributed by atoms with van der Waals surface area (Å²) in [4.78, 5) is 24.1. The van der Waals surface area contributed by atoms with Gasteiger partial charge in [-0.2, -0.15) is 4.31 Å². The summed E-state index contributed by atoms with van der Waals surface area (Å²) in [6.07, 6.45) is 1.08. The maximum Gasteiger partial charge on any atom is 0.243 e. The number of nitrogens with one attached hydrogen (secondary N) is 2. The topological polar surface area (TPSA) is 95.6 Å². The van der Waals surface area contributed by atoms with E-state index in [-0.39, 0.29) is 23.3 Å². The van der Waals surface area contributed by atoms with Crippen LogP contribution in [0.1, 0.15) is 26.7 Å². The smallest absolute Gasteiger partial charge is 0.243 e. The first-order valence-corrected chi connectivity index (χ1v) is 10.0. The van der Waals surface area contributed by atoms with Gasteiger partial charge >= 0.3 is 0 Å². The molecular formula is C17H24FN3O4S. The van der Waals surface area contributed by atoms with Crippen molar-refractivity contribution in [2.45, 2.75) is 37.6 Å². The molecule has 2 amide bonds. The average Bonchev–Trinajstić information content (AvgIpc) is 2.62. The van der Waals surface area contributed by atoms with Gasteiger partial charge in [0.15, 0.2) is 0 Å². The molecule has 0 saturated carbocycles. The highest BCUT2D eigenvalue weighted by molar-refractivity contribution is 7.89. The summed E-state index contributed by atoms with van der Waals surface area (Å²) in [5.74, 6) is -1.68. The highest BCUT2D eigenvalue weighted by atomic mass is 32.2. The molecule has 1 aromatic carbocycles. The van der Waals surface area contributed by atoms with Crippen LogP contribution in [0.4, 0.5) is 4.39 Å². The normalized spacial score (nSPS) is 19.6. The van der Waals surface area contributed by atoms with E-state index in [1.165, 1.54) is 16.4 Å². The number of piperidine rings is 1. The molecule has 0 radical (unpaired) electrons. The van der Waals surface area contributed by atoms with Gasteiger partial charge in [-0.15, -0.1) is 0 Å². The number of nitrogens with zero attached hydrogens (tertiary/aromatic N) is 1. The van der Waals surface area contributed by atoms with Crippen molar-refractivity contribution in [3.8, 4) is 0 Å². The van der Waals surface area contributed by atoms with Gasteiger partial charge in [0, 0.05) is 19.6 Å². The van der Waals surface area contributed by atoms with E-state index in [4.69, 9.17) is 0 Å². The highest BCUT2D eigenvalue weighted by Crippen LogP contribution is 2.24. The average molecular weight is 385 g/mol. The maximum atomic E-state index is 13.0. The fourth-order valence-electron chi connectivity index (χ4n) is 2.85. The second-order valence-electron chi connectivity index (χ2n) is 6.28. The zero-order chi connectivity index (χ0) is 19.3. The minimum Gasteiger partial charge on any atom is -0.355 e. The van der Waals surface area contributed by atoms with Crippen LogP contribution in [-0.2, 0) is 19.6 Å². The molecule has 0 spiro atoms. The van der Waals surface area contributed by atoms with Crippen molar-refractivity contribution in [3.63, 3.8) is 0 Å². The molecule has 1 saturated heterocycles. The number of likely N-dealkylation sites (N-methyl/N-ethyl adjacent to an activating group) is 1. The Balaban J connectivity index is 2.05. The third kappa shape index (κ3) is 4.79. The number of hydrogen-bond acceptors (Lipinski definition) is 4. The van der Waals surface area contributed by atoms with Gasteiger partial charge in [-0.1, -0.05) is 0 Å². The lowest BCUT2D eigenvalue weighted by Gasteiger charge is -2.31. The molecule has 0 aliphatic carbocycles. The number of halogens is 1. The molecule has 0 aromatic heterocycles. The Hall–Kier alpha value is -2.00. The first-order chi connectivity index (χ1) is 12.3. The maximum absolute atomic E-state index is 13.0. The van der Waals surface area contributed by atoms with E-state index in [0.29, 0.717) is 25.9 Å². The van der Waals surface area contributed by atoms with Gasteiger partial charge < -0.3 is 10.6 Å². The van der Waals surface area contributed by atoms with Gasteiger partial charge in [-0.25, -0.2) is 12.8 Å². The molecule has 26 heavy (non-hydrogen) atoms. The largest absolute Gasteiger partial charge is 0.355 e. The Bertz CT molecular complexity index is 752. The molecule has 2 rings (SSSR count). The summed E-state index contributed by atoms with van der Waals surface area (Å²) < 4.78 is 39.7. The number of hydrogen-bond donors (Lipinski definition) is 2. The fourth-order valence-corrected chi connectivity index (χ4v) is 4.38. The van der Waals surface area contributed by atoms with Gasteiger partial charge in [0.2, 0.25) is 21.8 Å². The molecule has 1 aliphatic heterocycles. The summed E-state index contributed by atoms with van der Waals surface area (Å²) in [5, 5.41) is 5.25. The molecule has 2 atom stereocenters. The van der Waals surface area contributed by atoms with Crippen LogP contribution in [0.2, 0.25) is 0 Å². The van der Waals surface area contributed by atoms with Crippen LogP contribution in [0.3, 0.4) is 0 Å². The first-order valence-electron chi connectivity index (χ1n) is 8.59. The lowest BCUT2D eigenvalue weighted by atomic mass is 9.98. The van der Waals surface area contributed by atoms with E-state index in [1.807, 2.05) is 0 Å². The predicted octanol–water partition coefficient (Wildman–Crippen LogP) is 0.867. The third-order valence-electron chi connectivity index (χ3n) is 4.31. The van der Waals surface area contributed by atoms with Gasteiger partial charge in [0.05, 0.1) is 10.8 Å². The van der Waals surface area contributed by atoms with Crippen molar-refractivity contribution >= 4 is 21.8 Å². The molecule has 9 heteroatoms. The summed E-state index contributed by atoms with van der Waals surface area (Å²) in [5.41, 5.74) is 0. The molecule has 0 unspecified atom stereocenters. The van der Waals surface area contributed by atoms with E-state index in [1.54, 1.807) is 13.8 Å².